The first kappa shape index (κ1) is 8.73. The molecular weight excluding hydrogens is 164 g/mol. The van der Waals surface area contributed by atoms with Crippen LogP contribution in [0.1, 0.15) is 24.3 Å². The van der Waals surface area contributed by atoms with Crippen molar-refractivity contribution in [1.82, 2.24) is 0 Å². The van der Waals surface area contributed by atoms with Crippen LogP contribution in [-0.4, -0.2) is 18.0 Å². The van der Waals surface area contributed by atoms with Crippen LogP contribution in [0, 0.1) is 0 Å². The Balaban J connectivity index is 2.08. The molecule has 0 unspecified atom stereocenters. The van der Waals surface area contributed by atoms with E-state index in [-0.39, 0.29) is 0 Å². The minimum atomic E-state index is -0.570. The van der Waals surface area contributed by atoms with Gasteiger partial charge in [-0.25, -0.2) is 0 Å². The average Bonchev–Trinajstić information content (AvgIpc) is 2.19. The van der Waals surface area contributed by atoms with E-state index in [4.69, 9.17) is 4.74 Å². The van der Waals surface area contributed by atoms with Crippen molar-refractivity contribution in [3.63, 3.8) is 0 Å². The van der Waals surface area contributed by atoms with Crippen LogP contribution in [0.25, 0.3) is 0 Å². The molecule has 70 valence electrons. The van der Waals surface area contributed by atoms with Gasteiger partial charge in [-0.3, -0.25) is 0 Å². The first-order chi connectivity index (χ1) is 6.36. The Labute approximate surface area is 78.2 Å². The summed E-state index contributed by atoms with van der Waals surface area (Å²) in [6.45, 7) is 0.667. The predicted molar refractivity (Wildman–Crippen MR) is 50.4 cm³/mol. The van der Waals surface area contributed by atoms with Crippen LogP contribution in [-0.2, 0) is 4.74 Å². The molecule has 1 N–H and O–H groups in total. The third kappa shape index (κ3) is 2.08. The van der Waals surface area contributed by atoms with Gasteiger partial charge >= 0.3 is 0 Å². The van der Waals surface area contributed by atoms with Gasteiger partial charge in [-0.2, -0.15) is 0 Å². The average molecular weight is 178 g/mol. The maximum absolute atomic E-state index is 9.32. The largest absolute Gasteiger partial charge is 0.368 e. The summed E-state index contributed by atoms with van der Waals surface area (Å²) in [5.41, 5.74) is 1.31. The third-order valence-electron chi connectivity index (χ3n) is 2.53. The standard InChI is InChI=1S/C11H14O2/c12-11-8-10(6-7-13-11)9-4-2-1-3-5-9/h1-5,10-12H,6-8H2/t10-,11+/m0/s1. The van der Waals surface area contributed by atoms with E-state index in [9.17, 15) is 5.11 Å². The number of rotatable bonds is 1. The zero-order valence-corrected chi connectivity index (χ0v) is 7.52. The smallest absolute Gasteiger partial charge is 0.155 e. The van der Waals surface area contributed by atoms with Gasteiger partial charge in [-0.05, 0) is 17.9 Å². The second kappa shape index (κ2) is 3.90. The van der Waals surface area contributed by atoms with Crippen LogP contribution >= 0.6 is 0 Å². The fourth-order valence-electron chi connectivity index (χ4n) is 1.80. The molecule has 0 saturated carbocycles. The summed E-state index contributed by atoms with van der Waals surface area (Å²) in [6, 6.07) is 10.3. The molecule has 2 rings (SSSR count). The number of ether oxygens (including phenoxy) is 1. The Hall–Kier alpha value is -0.860. The van der Waals surface area contributed by atoms with E-state index in [1.807, 2.05) is 18.2 Å². The maximum Gasteiger partial charge on any atom is 0.155 e. The van der Waals surface area contributed by atoms with Crippen molar-refractivity contribution in [3.05, 3.63) is 35.9 Å². The molecule has 13 heavy (non-hydrogen) atoms. The maximum atomic E-state index is 9.32. The van der Waals surface area contributed by atoms with Crippen LogP contribution in [0.2, 0.25) is 0 Å². The summed E-state index contributed by atoms with van der Waals surface area (Å²) in [5.74, 6) is 0.463. The molecule has 0 aliphatic carbocycles. The summed E-state index contributed by atoms with van der Waals surface area (Å²) in [6.07, 6.45) is 1.17. The van der Waals surface area contributed by atoms with Crippen LogP contribution in [0.4, 0.5) is 0 Å². The SMILES string of the molecule is O[C@H]1C[C@@H](c2ccccc2)CCO1. The Morgan fingerprint density at radius 1 is 1.23 bits per heavy atom. The summed E-state index contributed by atoms with van der Waals surface area (Å²) in [4.78, 5) is 0. The van der Waals surface area contributed by atoms with Gasteiger partial charge < -0.3 is 9.84 Å². The van der Waals surface area contributed by atoms with Crippen molar-refractivity contribution < 1.29 is 9.84 Å². The van der Waals surface area contributed by atoms with E-state index in [0.717, 1.165) is 12.8 Å². The topological polar surface area (TPSA) is 29.5 Å². The van der Waals surface area contributed by atoms with Crippen molar-refractivity contribution in [3.8, 4) is 0 Å². The molecule has 1 aromatic rings. The molecule has 0 amide bonds. The van der Waals surface area contributed by atoms with Crippen molar-refractivity contribution in [2.45, 2.75) is 25.0 Å². The van der Waals surface area contributed by atoms with Gasteiger partial charge in [0.2, 0.25) is 0 Å². The lowest BCUT2D eigenvalue weighted by atomic mass is 9.91. The van der Waals surface area contributed by atoms with Gasteiger partial charge in [-0.15, -0.1) is 0 Å². The summed E-state index contributed by atoms with van der Waals surface area (Å²) in [7, 11) is 0. The van der Waals surface area contributed by atoms with Crippen molar-refractivity contribution >= 4 is 0 Å². The fourth-order valence-corrected chi connectivity index (χ4v) is 1.80. The molecule has 0 radical (unpaired) electrons. The highest BCUT2D eigenvalue weighted by Crippen LogP contribution is 2.28. The van der Waals surface area contributed by atoms with E-state index in [0.29, 0.717) is 12.5 Å². The molecule has 1 heterocycles. The zero-order valence-electron chi connectivity index (χ0n) is 7.52. The van der Waals surface area contributed by atoms with E-state index in [2.05, 4.69) is 12.1 Å². The monoisotopic (exact) mass is 178 g/mol. The Morgan fingerprint density at radius 3 is 2.69 bits per heavy atom. The molecule has 1 aliphatic heterocycles. The molecule has 1 aromatic carbocycles. The third-order valence-corrected chi connectivity index (χ3v) is 2.53. The predicted octanol–water partition coefficient (Wildman–Crippen LogP) is 1.90. The molecule has 2 atom stereocenters. The lowest BCUT2D eigenvalue weighted by molar-refractivity contribution is -0.129. The molecule has 0 spiro atoms. The quantitative estimate of drug-likeness (QED) is 0.711. The summed E-state index contributed by atoms with van der Waals surface area (Å²) < 4.78 is 5.09. The van der Waals surface area contributed by atoms with Crippen molar-refractivity contribution in [2.75, 3.05) is 6.61 Å². The first-order valence-electron chi connectivity index (χ1n) is 4.71. The number of aliphatic hydroxyl groups excluding tert-OH is 1. The molecule has 0 aromatic heterocycles. The highest BCUT2D eigenvalue weighted by molar-refractivity contribution is 5.19. The fraction of sp³-hybridized carbons (Fsp3) is 0.455. The first-order valence-corrected chi connectivity index (χ1v) is 4.71. The number of hydrogen-bond donors (Lipinski definition) is 1. The minimum absolute atomic E-state index is 0.463. The molecule has 1 fully saturated rings. The van der Waals surface area contributed by atoms with E-state index < -0.39 is 6.29 Å². The summed E-state index contributed by atoms with van der Waals surface area (Å²) >= 11 is 0. The Kier molecular flexibility index (Phi) is 2.62. The normalized spacial score (nSPS) is 28.7. The van der Waals surface area contributed by atoms with E-state index >= 15 is 0 Å². The Morgan fingerprint density at radius 2 is 2.00 bits per heavy atom. The van der Waals surface area contributed by atoms with Crippen LogP contribution in [0.5, 0.6) is 0 Å². The molecule has 1 aliphatic rings. The van der Waals surface area contributed by atoms with Gasteiger partial charge in [0.15, 0.2) is 6.29 Å². The molecule has 1 saturated heterocycles. The highest BCUT2D eigenvalue weighted by atomic mass is 16.6. The van der Waals surface area contributed by atoms with Gasteiger partial charge in [0.1, 0.15) is 0 Å². The van der Waals surface area contributed by atoms with Gasteiger partial charge in [0.05, 0.1) is 6.61 Å². The van der Waals surface area contributed by atoms with Crippen LogP contribution in [0.3, 0.4) is 0 Å². The lowest BCUT2D eigenvalue weighted by Gasteiger charge is -2.26. The van der Waals surface area contributed by atoms with Gasteiger partial charge in [-0.1, -0.05) is 30.3 Å². The van der Waals surface area contributed by atoms with E-state index in [1.165, 1.54) is 5.56 Å². The minimum Gasteiger partial charge on any atom is -0.368 e. The lowest BCUT2D eigenvalue weighted by Crippen LogP contribution is -2.23. The van der Waals surface area contributed by atoms with Crippen LogP contribution < -0.4 is 0 Å². The molecule has 0 bridgehead atoms. The van der Waals surface area contributed by atoms with Gasteiger partial charge in [0.25, 0.3) is 0 Å². The van der Waals surface area contributed by atoms with Crippen molar-refractivity contribution in [2.24, 2.45) is 0 Å². The Bertz CT molecular complexity index is 258. The molecule has 2 nitrogen and oxygen atoms in total. The zero-order chi connectivity index (χ0) is 9.10. The molecule has 2 heteroatoms. The number of benzene rings is 1. The highest BCUT2D eigenvalue weighted by Gasteiger charge is 2.21. The van der Waals surface area contributed by atoms with Crippen molar-refractivity contribution in [1.29, 1.82) is 0 Å². The van der Waals surface area contributed by atoms with Crippen LogP contribution in [0.15, 0.2) is 30.3 Å². The molecular formula is C11H14O2. The van der Waals surface area contributed by atoms with E-state index in [1.54, 1.807) is 0 Å². The second-order valence-corrected chi connectivity index (χ2v) is 3.46. The summed E-state index contributed by atoms with van der Waals surface area (Å²) in [5, 5.41) is 9.32. The number of hydrogen-bond acceptors (Lipinski definition) is 2. The van der Waals surface area contributed by atoms with Gasteiger partial charge in [0, 0.05) is 6.42 Å². The second-order valence-electron chi connectivity index (χ2n) is 3.46. The number of aliphatic hydroxyl groups is 1.